The van der Waals surface area contributed by atoms with Gasteiger partial charge < -0.3 is 14.8 Å². The van der Waals surface area contributed by atoms with Crippen molar-refractivity contribution in [3.05, 3.63) is 76.2 Å². The minimum atomic E-state index is -0.631. The van der Waals surface area contributed by atoms with Gasteiger partial charge in [-0.3, -0.25) is 9.59 Å². The molecule has 0 spiro atoms. The molecular weight excluding hydrogens is 346 g/mol. The summed E-state index contributed by atoms with van der Waals surface area (Å²) in [4.78, 5) is 24.9. The van der Waals surface area contributed by atoms with Crippen LogP contribution < -0.4 is 20.2 Å². The third-order valence-corrected chi connectivity index (χ3v) is 3.94. The van der Waals surface area contributed by atoms with E-state index in [9.17, 15) is 9.59 Å². The average molecular weight is 365 g/mol. The molecule has 0 fully saturated rings. The van der Waals surface area contributed by atoms with E-state index in [4.69, 9.17) is 9.47 Å². The Morgan fingerprint density at radius 2 is 1.89 bits per heavy atom. The Bertz CT molecular complexity index is 1040. The summed E-state index contributed by atoms with van der Waals surface area (Å²) in [5.74, 6) is 0.358. The summed E-state index contributed by atoms with van der Waals surface area (Å²) in [6.45, 7) is 1.95. The normalized spacial score (nSPS) is 10.3. The van der Waals surface area contributed by atoms with Gasteiger partial charge in [0.25, 0.3) is 5.91 Å². The number of aromatic nitrogens is 2. The molecule has 0 aliphatic rings. The van der Waals surface area contributed by atoms with Crippen molar-refractivity contribution in [1.29, 1.82) is 0 Å². The Hall–Kier alpha value is -3.61. The monoisotopic (exact) mass is 365 g/mol. The summed E-state index contributed by atoms with van der Waals surface area (Å²) in [6.07, 6.45) is 1.53. The van der Waals surface area contributed by atoms with Gasteiger partial charge in [-0.2, -0.15) is 5.10 Å². The highest BCUT2D eigenvalue weighted by atomic mass is 16.5. The summed E-state index contributed by atoms with van der Waals surface area (Å²) in [7, 11) is 3.01. The zero-order valence-electron chi connectivity index (χ0n) is 15.2. The van der Waals surface area contributed by atoms with Crippen LogP contribution in [0.15, 0.2) is 59.5 Å². The van der Waals surface area contributed by atoms with E-state index in [2.05, 4.69) is 10.4 Å². The predicted octanol–water partition coefficient (Wildman–Crippen LogP) is 2.81. The molecule has 0 bridgehead atoms. The quantitative estimate of drug-likeness (QED) is 0.752. The van der Waals surface area contributed by atoms with Crippen LogP contribution in [0.1, 0.15) is 16.1 Å². The second-order valence-corrected chi connectivity index (χ2v) is 5.83. The minimum absolute atomic E-state index is 0.219. The zero-order valence-corrected chi connectivity index (χ0v) is 15.2. The van der Waals surface area contributed by atoms with E-state index >= 15 is 0 Å². The lowest BCUT2D eigenvalue weighted by molar-refractivity contribution is 0.101. The van der Waals surface area contributed by atoms with Gasteiger partial charge in [0.05, 0.1) is 25.6 Å². The first-order valence-corrected chi connectivity index (χ1v) is 8.22. The van der Waals surface area contributed by atoms with E-state index < -0.39 is 11.3 Å². The van der Waals surface area contributed by atoms with Gasteiger partial charge in [-0.25, -0.2) is 4.68 Å². The molecule has 3 aromatic rings. The van der Waals surface area contributed by atoms with Crippen molar-refractivity contribution in [3.8, 4) is 17.2 Å². The molecule has 0 aliphatic heterocycles. The maximum atomic E-state index is 12.7. The third kappa shape index (κ3) is 3.98. The molecule has 1 N–H and O–H groups in total. The number of hydrogen-bond acceptors (Lipinski definition) is 5. The topological polar surface area (TPSA) is 82.4 Å². The van der Waals surface area contributed by atoms with Crippen molar-refractivity contribution in [3.63, 3.8) is 0 Å². The first-order chi connectivity index (χ1) is 13.0. The molecule has 2 aromatic carbocycles. The second kappa shape index (κ2) is 7.74. The van der Waals surface area contributed by atoms with Crippen LogP contribution in [-0.4, -0.2) is 29.9 Å². The van der Waals surface area contributed by atoms with Crippen molar-refractivity contribution in [2.75, 3.05) is 19.5 Å². The highest BCUT2D eigenvalue weighted by molar-refractivity contribution is 6.03. The van der Waals surface area contributed by atoms with Gasteiger partial charge in [0.1, 0.15) is 11.5 Å². The smallest absolute Gasteiger partial charge is 0.280 e. The number of rotatable bonds is 5. The van der Waals surface area contributed by atoms with Crippen LogP contribution in [0.3, 0.4) is 0 Å². The van der Waals surface area contributed by atoms with E-state index in [-0.39, 0.29) is 5.69 Å². The molecule has 7 heteroatoms. The highest BCUT2D eigenvalue weighted by Crippen LogP contribution is 2.29. The van der Waals surface area contributed by atoms with Crippen LogP contribution in [0.2, 0.25) is 0 Å². The lowest BCUT2D eigenvalue weighted by Gasteiger charge is -2.12. The van der Waals surface area contributed by atoms with Crippen LogP contribution >= 0.6 is 0 Å². The molecule has 0 saturated carbocycles. The fourth-order valence-corrected chi connectivity index (χ4v) is 2.57. The number of carbonyl (C=O) groups is 1. The van der Waals surface area contributed by atoms with E-state index in [1.807, 2.05) is 31.2 Å². The molecule has 1 heterocycles. The van der Waals surface area contributed by atoms with Gasteiger partial charge >= 0.3 is 0 Å². The van der Waals surface area contributed by atoms with Crippen molar-refractivity contribution >= 4 is 11.6 Å². The molecule has 1 aromatic heterocycles. The van der Waals surface area contributed by atoms with Gasteiger partial charge in [-0.1, -0.05) is 12.1 Å². The second-order valence-electron chi connectivity index (χ2n) is 5.83. The molecule has 27 heavy (non-hydrogen) atoms. The Morgan fingerprint density at radius 3 is 2.59 bits per heavy atom. The Labute approximate surface area is 156 Å². The number of nitrogens with zero attached hydrogens (tertiary/aromatic N) is 2. The molecule has 138 valence electrons. The summed E-state index contributed by atoms with van der Waals surface area (Å²) >= 11 is 0. The molecule has 0 aliphatic carbocycles. The first kappa shape index (κ1) is 18.2. The van der Waals surface area contributed by atoms with E-state index in [0.29, 0.717) is 17.2 Å². The minimum Gasteiger partial charge on any atom is -0.497 e. The number of methoxy groups -OCH3 is 2. The number of anilines is 1. The van der Waals surface area contributed by atoms with Crippen molar-refractivity contribution < 1.29 is 14.3 Å². The predicted molar refractivity (Wildman–Crippen MR) is 102 cm³/mol. The van der Waals surface area contributed by atoms with Gasteiger partial charge in [0.2, 0.25) is 5.43 Å². The van der Waals surface area contributed by atoms with Crippen molar-refractivity contribution in [2.24, 2.45) is 0 Å². The molecular formula is C20H19N3O4. The number of nitrogens with one attached hydrogen (secondary N) is 1. The third-order valence-electron chi connectivity index (χ3n) is 3.94. The summed E-state index contributed by atoms with van der Waals surface area (Å²) < 4.78 is 11.9. The van der Waals surface area contributed by atoms with Crippen LogP contribution in [-0.2, 0) is 0 Å². The van der Waals surface area contributed by atoms with Crippen LogP contribution in [0.5, 0.6) is 11.5 Å². The average Bonchev–Trinajstić information content (AvgIpc) is 2.68. The van der Waals surface area contributed by atoms with Gasteiger partial charge in [-0.05, 0) is 36.8 Å². The first-order valence-electron chi connectivity index (χ1n) is 8.22. The van der Waals surface area contributed by atoms with Gasteiger partial charge in [-0.15, -0.1) is 0 Å². The fourth-order valence-electron chi connectivity index (χ4n) is 2.57. The lowest BCUT2D eigenvalue weighted by atomic mass is 10.2. The lowest BCUT2D eigenvalue weighted by Crippen LogP contribution is -2.25. The van der Waals surface area contributed by atoms with Crippen molar-refractivity contribution in [1.82, 2.24) is 9.78 Å². The van der Waals surface area contributed by atoms with Crippen LogP contribution in [0, 0.1) is 6.92 Å². The SMILES string of the molecule is COc1ccc(OC)c(NC(=O)c2nn(-c3cccc(C)c3)ccc2=O)c1. The number of carbonyl (C=O) groups excluding carboxylic acids is 1. The summed E-state index contributed by atoms with van der Waals surface area (Å²) in [6, 6.07) is 13.9. The summed E-state index contributed by atoms with van der Waals surface area (Å²) in [5, 5.41) is 6.86. The van der Waals surface area contributed by atoms with Crippen LogP contribution in [0.25, 0.3) is 5.69 Å². The maximum absolute atomic E-state index is 12.7. The van der Waals surface area contributed by atoms with Gasteiger partial charge in [0, 0.05) is 18.3 Å². The number of ether oxygens (including phenoxy) is 2. The van der Waals surface area contributed by atoms with Crippen LogP contribution in [0.4, 0.5) is 5.69 Å². The van der Waals surface area contributed by atoms with Crippen molar-refractivity contribution in [2.45, 2.75) is 6.92 Å². The maximum Gasteiger partial charge on any atom is 0.280 e. The Kier molecular flexibility index (Phi) is 5.21. The largest absolute Gasteiger partial charge is 0.497 e. The number of amides is 1. The van der Waals surface area contributed by atoms with E-state index in [1.165, 1.54) is 31.2 Å². The summed E-state index contributed by atoms with van der Waals surface area (Å²) in [5.41, 5.74) is 1.49. The highest BCUT2D eigenvalue weighted by Gasteiger charge is 2.16. The molecule has 7 nitrogen and oxygen atoms in total. The zero-order chi connectivity index (χ0) is 19.4. The van der Waals surface area contributed by atoms with E-state index in [1.54, 1.807) is 18.2 Å². The molecule has 0 atom stereocenters. The number of aryl methyl sites for hydroxylation is 1. The molecule has 0 unspecified atom stereocenters. The Morgan fingerprint density at radius 1 is 1.07 bits per heavy atom. The number of benzene rings is 2. The molecule has 0 radical (unpaired) electrons. The molecule has 3 rings (SSSR count). The van der Waals surface area contributed by atoms with Gasteiger partial charge in [0.15, 0.2) is 5.69 Å². The Balaban J connectivity index is 1.96. The molecule has 0 saturated heterocycles. The number of hydrogen-bond donors (Lipinski definition) is 1. The fraction of sp³-hybridized carbons (Fsp3) is 0.150. The standard InChI is InChI=1S/C20H19N3O4/c1-13-5-4-6-14(11-13)23-10-9-17(24)19(22-23)20(25)21-16-12-15(26-2)7-8-18(16)27-3/h4-12H,1-3H3,(H,21,25). The van der Waals surface area contributed by atoms with E-state index in [0.717, 1.165) is 11.3 Å². The molecule has 1 amide bonds.